The highest BCUT2D eigenvalue weighted by Gasteiger charge is 2.34. The Morgan fingerprint density at radius 1 is 1.38 bits per heavy atom. The Labute approximate surface area is 125 Å². The van der Waals surface area contributed by atoms with E-state index < -0.39 is 18.6 Å². The molecule has 1 amide bonds. The third-order valence-corrected chi connectivity index (χ3v) is 3.54. The monoisotopic (exact) mass is 324 g/mol. The van der Waals surface area contributed by atoms with Crippen molar-refractivity contribution in [2.24, 2.45) is 0 Å². The van der Waals surface area contributed by atoms with Crippen molar-refractivity contribution in [2.45, 2.75) is 32.9 Å². The molecule has 0 bridgehead atoms. The minimum absolute atomic E-state index is 0.0212. The van der Waals surface area contributed by atoms with E-state index in [1.165, 1.54) is 0 Å². The number of alkyl halides is 3. The summed E-state index contributed by atoms with van der Waals surface area (Å²) < 4.78 is 37.6. The van der Waals surface area contributed by atoms with Crippen LogP contribution in [0, 0.1) is 0 Å². The van der Waals surface area contributed by atoms with Crippen LogP contribution < -0.4 is 11.1 Å². The molecule has 1 rings (SSSR count). The van der Waals surface area contributed by atoms with Gasteiger partial charge in [0, 0.05) is 13.1 Å². The first-order valence-corrected chi connectivity index (χ1v) is 7.46. The van der Waals surface area contributed by atoms with Gasteiger partial charge < -0.3 is 16.0 Å². The molecule has 0 saturated carbocycles. The van der Waals surface area contributed by atoms with Crippen LogP contribution in [0.4, 0.5) is 24.1 Å². The highest BCUT2D eigenvalue weighted by molar-refractivity contribution is 7.18. The van der Waals surface area contributed by atoms with Crippen LogP contribution in [-0.2, 0) is 0 Å². The second-order valence-corrected chi connectivity index (χ2v) is 5.50. The molecular formula is C12H19F3N4OS. The summed E-state index contributed by atoms with van der Waals surface area (Å²) in [5, 5.41) is 3.41. The number of nitrogens with one attached hydrogen (secondary N) is 1. The maximum Gasteiger partial charge on any atom is 0.406 e. The van der Waals surface area contributed by atoms with E-state index in [-0.39, 0.29) is 17.2 Å². The third kappa shape index (κ3) is 5.41. The number of amides is 1. The molecule has 1 heterocycles. The zero-order chi connectivity index (χ0) is 16.0. The summed E-state index contributed by atoms with van der Waals surface area (Å²) >= 11 is 0.982. The Kier molecular flexibility index (Phi) is 6.25. The van der Waals surface area contributed by atoms with E-state index in [1.54, 1.807) is 6.92 Å². The van der Waals surface area contributed by atoms with Crippen LogP contribution in [0.5, 0.6) is 0 Å². The Morgan fingerprint density at radius 3 is 2.57 bits per heavy atom. The molecule has 0 aromatic carbocycles. The molecule has 0 unspecified atom stereocenters. The van der Waals surface area contributed by atoms with Crippen LogP contribution in [0.2, 0.25) is 0 Å². The van der Waals surface area contributed by atoms with Gasteiger partial charge >= 0.3 is 6.18 Å². The number of aromatic nitrogens is 1. The van der Waals surface area contributed by atoms with E-state index in [2.05, 4.69) is 10.3 Å². The fourth-order valence-corrected chi connectivity index (χ4v) is 2.55. The predicted molar refractivity (Wildman–Crippen MR) is 77.6 cm³/mol. The smallest absolute Gasteiger partial charge is 0.382 e. The van der Waals surface area contributed by atoms with Crippen LogP contribution in [-0.4, -0.2) is 41.6 Å². The van der Waals surface area contributed by atoms with Crippen molar-refractivity contribution in [1.29, 1.82) is 0 Å². The van der Waals surface area contributed by atoms with Crippen LogP contribution in [0.1, 0.15) is 36.4 Å². The van der Waals surface area contributed by atoms with Gasteiger partial charge in [0.25, 0.3) is 5.91 Å². The van der Waals surface area contributed by atoms with Crippen molar-refractivity contribution in [3.8, 4) is 0 Å². The Hall–Kier alpha value is -1.51. The summed E-state index contributed by atoms with van der Waals surface area (Å²) in [5.41, 5.74) is 5.64. The van der Waals surface area contributed by atoms with Gasteiger partial charge in [0.2, 0.25) is 0 Å². The van der Waals surface area contributed by atoms with Gasteiger partial charge in [-0.3, -0.25) is 4.79 Å². The quantitative estimate of drug-likeness (QED) is 0.809. The molecule has 9 heteroatoms. The number of carbonyl (C=O) groups excluding carboxylic acids is 1. The first-order chi connectivity index (χ1) is 9.78. The van der Waals surface area contributed by atoms with Crippen molar-refractivity contribution in [1.82, 2.24) is 9.88 Å². The standard InChI is InChI=1S/C12H19F3N4OS/c1-3-5-17-11-18-9(16)8(21-11)10(20)19(6-4-2)7-12(13,14)15/h3-7,16H2,1-2H3,(H,17,18). The molecule has 0 fully saturated rings. The van der Waals surface area contributed by atoms with Crippen LogP contribution in [0.3, 0.4) is 0 Å². The van der Waals surface area contributed by atoms with E-state index in [1.807, 2.05) is 6.92 Å². The average Bonchev–Trinajstić information content (AvgIpc) is 2.74. The molecular weight excluding hydrogens is 305 g/mol. The second-order valence-electron chi connectivity index (χ2n) is 4.50. The second kappa shape index (κ2) is 7.48. The van der Waals surface area contributed by atoms with Crippen molar-refractivity contribution >= 4 is 28.2 Å². The zero-order valence-electron chi connectivity index (χ0n) is 12.0. The molecule has 0 saturated heterocycles. The van der Waals surface area contributed by atoms with E-state index in [9.17, 15) is 18.0 Å². The Balaban J connectivity index is 2.90. The van der Waals surface area contributed by atoms with E-state index in [0.29, 0.717) is 18.1 Å². The van der Waals surface area contributed by atoms with Crippen LogP contribution in [0.25, 0.3) is 0 Å². The molecule has 0 aliphatic carbocycles. The number of nitrogens with zero attached hydrogens (tertiary/aromatic N) is 2. The first-order valence-electron chi connectivity index (χ1n) is 6.64. The molecule has 0 atom stereocenters. The van der Waals surface area contributed by atoms with Gasteiger partial charge in [0.15, 0.2) is 5.13 Å². The molecule has 5 nitrogen and oxygen atoms in total. The lowest BCUT2D eigenvalue weighted by Crippen LogP contribution is -2.39. The fourth-order valence-electron chi connectivity index (χ4n) is 1.68. The van der Waals surface area contributed by atoms with Crippen molar-refractivity contribution in [2.75, 3.05) is 30.7 Å². The fraction of sp³-hybridized carbons (Fsp3) is 0.667. The number of rotatable bonds is 7. The summed E-state index contributed by atoms with van der Waals surface area (Å²) in [6, 6.07) is 0. The highest BCUT2D eigenvalue weighted by Crippen LogP contribution is 2.27. The average molecular weight is 324 g/mol. The number of carbonyl (C=O) groups is 1. The summed E-state index contributed by atoms with van der Waals surface area (Å²) in [6.45, 7) is 3.06. The molecule has 1 aromatic heterocycles. The topological polar surface area (TPSA) is 71.2 Å². The van der Waals surface area contributed by atoms with Gasteiger partial charge in [-0.2, -0.15) is 13.2 Å². The number of halogens is 3. The summed E-state index contributed by atoms with van der Waals surface area (Å²) in [4.78, 5) is 17.0. The van der Waals surface area contributed by atoms with Crippen molar-refractivity contribution < 1.29 is 18.0 Å². The maximum absolute atomic E-state index is 12.5. The number of anilines is 2. The number of hydrogen-bond donors (Lipinski definition) is 2. The summed E-state index contributed by atoms with van der Waals surface area (Å²) in [6.07, 6.45) is -3.15. The lowest BCUT2D eigenvalue weighted by molar-refractivity contribution is -0.140. The lowest BCUT2D eigenvalue weighted by atomic mass is 10.3. The van der Waals surface area contributed by atoms with Gasteiger partial charge in [-0.25, -0.2) is 4.98 Å². The van der Waals surface area contributed by atoms with E-state index >= 15 is 0 Å². The molecule has 0 aliphatic rings. The maximum atomic E-state index is 12.5. The Bertz CT molecular complexity index is 476. The molecule has 3 N–H and O–H groups in total. The minimum atomic E-state index is -4.44. The van der Waals surface area contributed by atoms with Crippen molar-refractivity contribution in [3.63, 3.8) is 0 Å². The highest BCUT2D eigenvalue weighted by atomic mass is 32.1. The molecule has 120 valence electrons. The number of thiazole rings is 1. The lowest BCUT2D eigenvalue weighted by Gasteiger charge is -2.22. The summed E-state index contributed by atoms with van der Waals surface area (Å²) in [7, 11) is 0. The zero-order valence-corrected chi connectivity index (χ0v) is 12.8. The van der Waals surface area contributed by atoms with Crippen molar-refractivity contribution in [3.05, 3.63) is 4.88 Å². The molecule has 1 aromatic rings. The van der Waals surface area contributed by atoms with Crippen LogP contribution in [0.15, 0.2) is 0 Å². The molecule has 0 spiro atoms. The van der Waals surface area contributed by atoms with E-state index in [4.69, 9.17) is 5.73 Å². The predicted octanol–water partition coefficient (Wildman–Crippen LogP) is 2.96. The van der Waals surface area contributed by atoms with Gasteiger partial charge in [-0.15, -0.1) is 0 Å². The third-order valence-electron chi connectivity index (χ3n) is 2.52. The molecule has 0 aliphatic heterocycles. The van der Waals surface area contributed by atoms with Crippen LogP contribution >= 0.6 is 11.3 Å². The SMILES string of the molecule is CCCNc1nc(N)c(C(=O)N(CCC)CC(F)(F)F)s1. The van der Waals surface area contributed by atoms with Gasteiger partial charge in [-0.05, 0) is 12.8 Å². The molecule has 21 heavy (non-hydrogen) atoms. The molecule has 0 radical (unpaired) electrons. The summed E-state index contributed by atoms with van der Waals surface area (Å²) in [5.74, 6) is -0.763. The minimum Gasteiger partial charge on any atom is -0.382 e. The number of nitrogens with two attached hydrogens (primary N) is 1. The van der Waals surface area contributed by atoms with Gasteiger partial charge in [0.05, 0.1) is 0 Å². The normalized spacial score (nSPS) is 11.5. The number of hydrogen-bond acceptors (Lipinski definition) is 5. The van der Waals surface area contributed by atoms with Gasteiger partial charge in [0.1, 0.15) is 17.2 Å². The first kappa shape index (κ1) is 17.5. The largest absolute Gasteiger partial charge is 0.406 e. The van der Waals surface area contributed by atoms with Gasteiger partial charge in [-0.1, -0.05) is 25.2 Å². The Morgan fingerprint density at radius 2 is 2.05 bits per heavy atom. The van der Waals surface area contributed by atoms with E-state index in [0.717, 1.165) is 22.7 Å². The number of nitrogen functional groups attached to an aromatic ring is 1.